The number of carbonyl (C=O) groups is 1. The van der Waals surface area contributed by atoms with Crippen LogP contribution in [0.25, 0.3) is 11.4 Å². The fourth-order valence-electron chi connectivity index (χ4n) is 2.76. The number of amides is 1. The number of nitrogens with zero attached hydrogens (tertiary/aromatic N) is 3. The van der Waals surface area contributed by atoms with E-state index in [0.29, 0.717) is 34.1 Å². The molecule has 1 aromatic heterocycles. The maximum Gasteiger partial charge on any atom is 0.230 e. The first-order valence-electron chi connectivity index (χ1n) is 9.40. The highest BCUT2D eigenvalue weighted by atomic mass is 35.5. The van der Waals surface area contributed by atoms with Gasteiger partial charge in [-0.15, -0.1) is 10.2 Å². The summed E-state index contributed by atoms with van der Waals surface area (Å²) < 4.78 is 1.98. The standard InChI is InChI=1S/C21H22Cl2N4OS/c1-2-3-11-24-19(28)14-29-21-26-25-20(17-10-9-16(22)12-18(17)23)27(21)13-15-7-5-4-6-8-15/h4-10,12H,2-3,11,13-14H2,1H3,(H,24,28). The van der Waals surface area contributed by atoms with E-state index >= 15 is 0 Å². The van der Waals surface area contributed by atoms with E-state index < -0.39 is 0 Å². The Labute approximate surface area is 184 Å². The van der Waals surface area contributed by atoms with Crippen LogP contribution in [0.15, 0.2) is 53.7 Å². The van der Waals surface area contributed by atoms with Crippen molar-refractivity contribution in [2.75, 3.05) is 12.3 Å². The van der Waals surface area contributed by atoms with Crippen LogP contribution in [0.5, 0.6) is 0 Å². The molecule has 29 heavy (non-hydrogen) atoms. The number of hydrogen-bond acceptors (Lipinski definition) is 4. The predicted octanol–water partition coefficient (Wildman–Crippen LogP) is 5.31. The van der Waals surface area contributed by atoms with Gasteiger partial charge in [-0.2, -0.15) is 0 Å². The molecule has 1 amide bonds. The highest BCUT2D eigenvalue weighted by molar-refractivity contribution is 7.99. The lowest BCUT2D eigenvalue weighted by atomic mass is 10.2. The summed E-state index contributed by atoms with van der Waals surface area (Å²) in [6, 6.07) is 15.3. The number of nitrogens with one attached hydrogen (secondary N) is 1. The van der Waals surface area contributed by atoms with Gasteiger partial charge in [0.1, 0.15) is 0 Å². The summed E-state index contributed by atoms with van der Waals surface area (Å²) in [6.45, 7) is 3.36. The molecule has 0 spiro atoms. The minimum Gasteiger partial charge on any atom is -0.355 e. The van der Waals surface area contributed by atoms with Gasteiger partial charge in [0.15, 0.2) is 11.0 Å². The van der Waals surface area contributed by atoms with Crippen LogP contribution >= 0.6 is 35.0 Å². The van der Waals surface area contributed by atoms with Gasteiger partial charge in [0.2, 0.25) is 5.91 Å². The second-order valence-corrected chi connectivity index (χ2v) is 8.28. The molecule has 0 bridgehead atoms. The van der Waals surface area contributed by atoms with Crippen LogP contribution in [0.3, 0.4) is 0 Å². The van der Waals surface area contributed by atoms with Gasteiger partial charge in [-0.1, -0.05) is 78.6 Å². The van der Waals surface area contributed by atoms with Gasteiger partial charge < -0.3 is 5.32 Å². The zero-order chi connectivity index (χ0) is 20.6. The van der Waals surface area contributed by atoms with E-state index in [1.807, 2.05) is 41.0 Å². The molecule has 3 rings (SSSR count). The molecule has 0 fully saturated rings. The Bertz CT molecular complexity index is 963. The lowest BCUT2D eigenvalue weighted by Gasteiger charge is -2.11. The van der Waals surface area contributed by atoms with Crippen LogP contribution in [0.1, 0.15) is 25.3 Å². The molecular formula is C21H22Cl2N4OS. The smallest absolute Gasteiger partial charge is 0.230 e. The second-order valence-electron chi connectivity index (χ2n) is 6.49. The average molecular weight is 449 g/mol. The van der Waals surface area contributed by atoms with Crippen molar-refractivity contribution in [1.82, 2.24) is 20.1 Å². The molecule has 3 aromatic rings. The molecule has 0 saturated heterocycles. The topological polar surface area (TPSA) is 59.8 Å². The van der Waals surface area contributed by atoms with Crippen LogP contribution in [0.4, 0.5) is 0 Å². The van der Waals surface area contributed by atoms with Gasteiger partial charge >= 0.3 is 0 Å². The highest BCUT2D eigenvalue weighted by Crippen LogP contribution is 2.32. The predicted molar refractivity (Wildman–Crippen MR) is 120 cm³/mol. The van der Waals surface area contributed by atoms with Gasteiger partial charge in [-0.25, -0.2) is 0 Å². The molecule has 0 aliphatic heterocycles. The van der Waals surface area contributed by atoms with Crippen LogP contribution in [-0.4, -0.2) is 33.0 Å². The zero-order valence-electron chi connectivity index (χ0n) is 16.1. The van der Waals surface area contributed by atoms with Crippen molar-refractivity contribution >= 4 is 40.9 Å². The molecule has 0 atom stereocenters. The number of halogens is 2. The Balaban J connectivity index is 1.86. The van der Waals surface area contributed by atoms with E-state index in [4.69, 9.17) is 23.2 Å². The Hall–Kier alpha value is -2.02. The van der Waals surface area contributed by atoms with Crippen LogP contribution in [-0.2, 0) is 11.3 Å². The number of thioether (sulfide) groups is 1. The van der Waals surface area contributed by atoms with Crippen molar-refractivity contribution in [1.29, 1.82) is 0 Å². The van der Waals surface area contributed by atoms with Crippen molar-refractivity contribution < 1.29 is 4.79 Å². The third-order valence-electron chi connectivity index (χ3n) is 4.26. The first-order valence-corrected chi connectivity index (χ1v) is 11.1. The zero-order valence-corrected chi connectivity index (χ0v) is 18.4. The summed E-state index contributed by atoms with van der Waals surface area (Å²) in [5.41, 5.74) is 1.85. The van der Waals surface area contributed by atoms with Crippen molar-refractivity contribution in [2.45, 2.75) is 31.5 Å². The lowest BCUT2D eigenvalue weighted by molar-refractivity contribution is -0.118. The molecule has 8 heteroatoms. The third-order valence-corrected chi connectivity index (χ3v) is 5.77. The minimum absolute atomic E-state index is 0.0104. The van der Waals surface area contributed by atoms with Gasteiger partial charge in [0.05, 0.1) is 17.3 Å². The van der Waals surface area contributed by atoms with Crippen LogP contribution in [0.2, 0.25) is 10.0 Å². The maximum atomic E-state index is 12.1. The van der Waals surface area contributed by atoms with Crippen molar-refractivity contribution in [2.24, 2.45) is 0 Å². The Morgan fingerprint density at radius 2 is 1.93 bits per heavy atom. The van der Waals surface area contributed by atoms with Crippen molar-refractivity contribution in [3.63, 3.8) is 0 Å². The van der Waals surface area contributed by atoms with E-state index in [1.165, 1.54) is 11.8 Å². The summed E-state index contributed by atoms with van der Waals surface area (Å²) in [6.07, 6.45) is 2.02. The number of rotatable bonds is 9. The first-order chi connectivity index (χ1) is 14.1. The molecular weight excluding hydrogens is 427 g/mol. The molecule has 0 aliphatic carbocycles. The Morgan fingerprint density at radius 3 is 2.66 bits per heavy atom. The molecule has 0 unspecified atom stereocenters. The van der Waals surface area contributed by atoms with E-state index in [9.17, 15) is 4.79 Å². The summed E-state index contributed by atoms with van der Waals surface area (Å²) >= 11 is 13.8. The summed E-state index contributed by atoms with van der Waals surface area (Å²) in [5.74, 6) is 0.915. The number of aromatic nitrogens is 3. The molecule has 1 heterocycles. The second kappa shape index (κ2) is 10.7. The highest BCUT2D eigenvalue weighted by Gasteiger charge is 2.18. The Morgan fingerprint density at radius 1 is 1.14 bits per heavy atom. The monoisotopic (exact) mass is 448 g/mol. The molecule has 0 aliphatic rings. The fourth-order valence-corrected chi connectivity index (χ4v) is 4.02. The van der Waals surface area contributed by atoms with Gasteiger partial charge in [-0.05, 0) is 30.2 Å². The SMILES string of the molecule is CCCCNC(=O)CSc1nnc(-c2ccc(Cl)cc2Cl)n1Cc1ccccc1. The Kier molecular flexibility index (Phi) is 7.98. The van der Waals surface area contributed by atoms with E-state index in [0.717, 1.165) is 24.0 Å². The van der Waals surface area contributed by atoms with Crippen molar-refractivity contribution in [3.8, 4) is 11.4 Å². The number of benzene rings is 2. The molecule has 0 saturated carbocycles. The largest absolute Gasteiger partial charge is 0.355 e. The number of carbonyl (C=O) groups excluding carboxylic acids is 1. The first kappa shape index (κ1) is 21.7. The normalized spacial score (nSPS) is 10.9. The maximum absolute atomic E-state index is 12.1. The van der Waals surface area contributed by atoms with Gasteiger partial charge in [-0.3, -0.25) is 9.36 Å². The van der Waals surface area contributed by atoms with Crippen molar-refractivity contribution in [3.05, 3.63) is 64.1 Å². The average Bonchev–Trinajstić information content (AvgIpc) is 3.09. The quantitative estimate of drug-likeness (QED) is 0.355. The molecule has 5 nitrogen and oxygen atoms in total. The minimum atomic E-state index is -0.0104. The third kappa shape index (κ3) is 5.98. The molecule has 152 valence electrons. The summed E-state index contributed by atoms with van der Waals surface area (Å²) in [4.78, 5) is 12.1. The van der Waals surface area contributed by atoms with Crippen LogP contribution in [0, 0.1) is 0 Å². The van der Waals surface area contributed by atoms with Crippen LogP contribution < -0.4 is 5.32 Å². The summed E-state index contributed by atoms with van der Waals surface area (Å²) in [7, 11) is 0. The van der Waals surface area contributed by atoms with Gasteiger partial charge in [0.25, 0.3) is 0 Å². The molecule has 2 aromatic carbocycles. The molecule has 0 radical (unpaired) electrons. The number of unbranched alkanes of at least 4 members (excludes halogenated alkanes) is 1. The lowest BCUT2D eigenvalue weighted by Crippen LogP contribution is -2.26. The molecule has 1 N–H and O–H groups in total. The number of hydrogen-bond donors (Lipinski definition) is 1. The van der Waals surface area contributed by atoms with E-state index in [2.05, 4.69) is 22.4 Å². The summed E-state index contributed by atoms with van der Waals surface area (Å²) in [5, 5.41) is 13.3. The fraction of sp³-hybridized carbons (Fsp3) is 0.286. The van der Waals surface area contributed by atoms with Gasteiger partial charge in [0, 0.05) is 17.1 Å². The van der Waals surface area contributed by atoms with E-state index in [1.54, 1.807) is 12.1 Å². The van der Waals surface area contributed by atoms with E-state index in [-0.39, 0.29) is 11.7 Å².